The van der Waals surface area contributed by atoms with Gasteiger partial charge in [0.15, 0.2) is 5.78 Å². The lowest BCUT2D eigenvalue weighted by Crippen LogP contribution is -1.94. The number of allylic oxidation sites excluding steroid dienone is 1. The molecule has 0 fully saturated rings. The van der Waals surface area contributed by atoms with E-state index in [1.165, 1.54) is 6.08 Å². The summed E-state index contributed by atoms with van der Waals surface area (Å²) in [7, 11) is 1.84. The van der Waals surface area contributed by atoms with Crippen LogP contribution in [0.1, 0.15) is 15.9 Å². The second-order valence-electron chi connectivity index (χ2n) is 5.17. The Kier molecular flexibility index (Phi) is 4.79. The first kappa shape index (κ1) is 16.4. The third-order valence-electron chi connectivity index (χ3n) is 3.43. The molecule has 2 heterocycles. The van der Waals surface area contributed by atoms with Gasteiger partial charge in [-0.3, -0.25) is 14.5 Å². The Hall–Kier alpha value is -2.43. The Bertz CT molecular complexity index is 917. The van der Waals surface area contributed by atoms with Gasteiger partial charge >= 0.3 is 0 Å². The van der Waals surface area contributed by atoms with Gasteiger partial charge in [-0.05, 0) is 42.5 Å². The molecular formula is C18H13Cl2N3O. The van der Waals surface area contributed by atoms with Crippen molar-refractivity contribution in [3.8, 4) is 11.3 Å². The van der Waals surface area contributed by atoms with E-state index in [1.807, 2.05) is 25.4 Å². The molecule has 1 aromatic carbocycles. The van der Waals surface area contributed by atoms with Crippen molar-refractivity contribution in [3.63, 3.8) is 0 Å². The molecule has 2 aromatic heterocycles. The molecule has 4 nitrogen and oxygen atoms in total. The lowest BCUT2D eigenvalue weighted by atomic mass is 10.1. The van der Waals surface area contributed by atoms with Crippen LogP contribution < -0.4 is 0 Å². The first-order valence-corrected chi connectivity index (χ1v) is 7.91. The number of pyridine rings is 1. The van der Waals surface area contributed by atoms with E-state index in [2.05, 4.69) is 10.1 Å². The SMILES string of the molecule is Cn1cc(/C=C/C(=O)c2ccc(Cl)c(Cl)c2)c(-c2ccncc2)n1. The van der Waals surface area contributed by atoms with Gasteiger partial charge in [0.1, 0.15) is 0 Å². The van der Waals surface area contributed by atoms with Crippen LogP contribution in [0.15, 0.2) is 55.0 Å². The summed E-state index contributed by atoms with van der Waals surface area (Å²) in [6.07, 6.45) is 8.51. The molecule has 6 heteroatoms. The normalized spacial score (nSPS) is 11.1. The Morgan fingerprint density at radius 3 is 2.58 bits per heavy atom. The summed E-state index contributed by atoms with van der Waals surface area (Å²) in [6, 6.07) is 8.57. The van der Waals surface area contributed by atoms with Crippen LogP contribution >= 0.6 is 23.2 Å². The van der Waals surface area contributed by atoms with E-state index < -0.39 is 0 Å². The second-order valence-corrected chi connectivity index (χ2v) is 5.98. The van der Waals surface area contributed by atoms with Crippen LogP contribution in [0.5, 0.6) is 0 Å². The number of carbonyl (C=O) groups excluding carboxylic acids is 1. The van der Waals surface area contributed by atoms with E-state index in [9.17, 15) is 4.79 Å². The Balaban J connectivity index is 1.89. The average Bonchev–Trinajstić information content (AvgIpc) is 2.97. The van der Waals surface area contributed by atoms with Gasteiger partial charge in [-0.1, -0.05) is 23.2 Å². The van der Waals surface area contributed by atoms with Gasteiger partial charge in [0.05, 0.1) is 15.7 Å². The van der Waals surface area contributed by atoms with Gasteiger partial charge in [-0.2, -0.15) is 5.10 Å². The number of hydrogen-bond donors (Lipinski definition) is 0. The van der Waals surface area contributed by atoms with Crippen LogP contribution in [0.4, 0.5) is 0 Å². The number of nitrogens with zero attached hydrogens (tertiary/aromatic N) is 3. The van der Waals surface area contributed by atoms with Gasteiger partial charge in [0, 0.05) is 42.3 Å². The minimum Gasteiger partial charge on any atom is -0.289 e. The van der Waals surface area contributed by atoms with Crippen LogP contribution in [0, 0.1) is 0 Å². The van der Waals surface area contributed by atoms with Gasteiger partial charge in [0.2, 0.25) is 0 Å². The molecule has 0 saturated carbocycles. The highest BCUT2D eigenvalue weighted by atomic mass is 35.5. The molecule has 0 bridgehead atoms. The first-order valence-electron chi connectivity index (χ1n) is 7.16. The molecule has 0 amide bonds. The zero-order chi connectivity index (χ0) is 17.1. The fourth-order valence-electron chi connectivity index (χ4n) is 2.27. The lowest BCUT2D eigenvalue weighted by Gasteiger charge is -2.00. The zero-order valence-electron chi connectivity index (χ0n) is 12.8. The summed E-state index contributed by atoms with van der Waals surface area (Å²) >= 11 is 11.8. The summed E-state index contributed by atoms with van der Waals surface area (Å²) in [4.78, 5) is 16.3. The largest absolute Gasteiger partial charge is 0.289 e. The highest BCUT2D eigenvalue weighted by Gasteiger charge is 2.09. The molecular weight excluding hydrogens is 345 g/mol. The summed E-state index contributed by atoms with van der Waals surface area (Å²) in [6.45, 7) is 0. The fourth-order valence-corrected chi connectivity index (χ4v) is 2.57. The van der Waals surface area contributed by atoms with Gasteiger partial charge < -0.3 is 0 Å². The first-order chi connectivity index (χ1) is 11.5. The molecule has 0 aliphatic heterocycles. The molecule has 0 saturated heterocycles. The van der Waals surface area contributed by atoms with Crippen LogP contribution in [0.2, 0.25) is 10.0 Å². The number of carbonyl (C=O) groups is 1. The number of hydrogen-bond acceptors (Lipinski definition) is 3. The summed E-state index contributed by atoms with van der Waals surface area (Å²) in [5.41, 5.74) is 3.05. The highest BCUT2D eigenvalue weighted by molar-refractivity contribution is 6.42. The molecule has 0 aliphatic rings. The minimum atomic E-state index is -0.155. The third kappa shape index (κ3) is 3.55. The Morgan fingerprint density at radius 1 is 1.12 bits per heavy atom. The van der Waals surface area contributed by atoms with Crippen molar-refractivity contribution in [2.75, 3.05) is 0 Å². The maximum Gasteiger partial charge on any atom is 0.185 e. The van der Waals surface area contributed by atoms with E-state index in [4.69, 9.17) is 23.2 Å². The van der Waals surface area contributed by atoms with Crippen LogP contribution in [0.3, 0.4) is 0 Å². The molecule has 0 aliphatic carbocycles. The van der Waals surface area contributed by atoms with E-state index in [-0.39, 0.29) is 5.78 Å². The van der Waals surface area contributed by atoms with E-state index in [1.54, 1.807) is 41.4 Å². The predicted molar refractivity (Wildman–Crippen MR) is 96.3 cm³/mol. The zero-order valence-corrected chi connectivity index (χ0v) is 14.3. The molecule has 0 spiro atoms. The van der Waals surface area contributed by atoms with Crippen molar-refractivity contribution in [1.29, 1.82) is 0 Å². The molecule has 0 radical (unpaired) electrons. The van der Waals surface area contributed by atoms with E-state index in [0.29, 0.717) is 15.6 Å². The van der Waals surface area contributed by atoms with Crippen molar-refractivity contribution in [2.24, 2.45) is 7.05 Å². The predicted octanol–water partition coefficient (Wildman–Crippen LogP) is 4.69. The summed E-state index contributed by atoms with van der Waals surface area (Å²) in [5.74, 6) is -0.155. The number of rotatable bonds is 4. The summed E-state index contributed by atoms with van der Waals surface area (Å²) in [5, 5.41) is 5.22. The minimum absolute atomic E-state index is 0.155. The number of ketones is 1. The van der Waals surface area contributed by atoms with Crippen molar-refractivity contribution in [2.45, 2.75) is 0 Å². The molecule has 0 N–H and O–H groups in total. The van der Waals surface area contributed by atoms with E-state index >= 15 is 0 Å². The van der Waals surface area contributed by atoms with Crippen LogP contribution in [-0.2, 0) is 7.05 Å². The fraction of sp³-hybridized carbons (Fsp3) is 0.0556. The van der Waals surface area contributed by atoms with Gasteiger partial charge in [0.25, 0.3) is 0 Å². The standard InChI is InChI=1S/C18H13Cl2N3O/c1-23-11-14(18(22-23)12-6-8-21-9-7-12)3-5-17(24)13-2-4-15(19)16(20)10-13/h2-11H,1H3/b5-3+. The molecule has 3 rings (SSSR count). The lowest BCUT2D eigenvalue weighted by molar-refractivity contribution is 0.104. The maximum absolute atomic E-state index is 12.3. The Morgan fingerprint density at radius 2 is 1.88 bits per heavy atom. The van der Waals surface area contributed by atoms with Crippen molar-refractivity contribution >= 4 is 35.1 Å². The molecule has 0 unspecified atom stereocenters. The molecule has 3 aromatic rings. The second kappa shape index (κ2) is 6.99. The van der Waals surface area contributed by atoms with Crippen LogP contribution in [-0.4, -0.2) is 20.5 Å². The van der Waals surface area contributed by atoms with Crippen molar-refractivity contribution in [3.05, 3.63) is 76.2 Å². The van der Waals surface area contributed by atoms with Crippen molar-refractivity contribution in [1.82, 2.24) is 14.8 Å². The topological polar surface area (TPSA) is 47.8 Å². The number of aryl methyl sites for hydroxylation is 1. The van der Waals surface area contributed by atoms with Crippen molar-refractivity contribution < 1.29 is 4.79 Å². The monoisotopic (exact) mass is 357 g/mol. The third-order valence-corrected chi connectivity index (χ3v) is 4.17. The summed E-state index contributed by atoms with van der Waals surface area (Å²) < 4.78 is 1.71. The Labute approximate surface area is 149 Å². The van der Waals surface area contributed by atoms with E-state index in [0.717, 1.165) is 16.8 Å². The van der Waals surface area contributed by atoms with Gasteiger partial charge in [-0.25, -0.2) is 0 Å². The average molecular weight is 358 g/mol. The molecule has 0 atom stereocenters. The highest BCUT2D eigenvalue weighted by Crippen LogP contribution is 2.24. The smallest absolute Gasteiger partial charge is 0.185 e. The quantitative estimate of drug-likeness (QED) is 0.502. The molecule has 24 heavy (non-hydrogen) atoms. The molecule has 120 valence electrons. The maximum atomic E-state index is 12.3. The number of halogens is 2. The number of benzene rings is 1. The number of aromatic nitrogens is 3. The van der Waals surface area contributed by atoms with Crippen LogP contribution in [0.25, 0.3) is 17.3 Å². The van der Waals surface area contributed by atoms with Gasteiger partial charge in [-0.15, -0.1) is 0 Å².